The van der Waals surface area contributed by atoms with E-state index in [1.807, 2.05) is 13.8 Å². The minimum absolute atomic E-state index is 0.102. The highest BCUT2D eigenvalue weighted by molar-refractivity contribution is 5.84. The lowest BCUT2D eigenvalue weighted by Gasteiger charge is -2.63. The molecule has 8 fully saturated rings. The first-order valence-corrected chi connectivity index (χ1v) is 31.5. The lowest BCUT2D eigenvalue weighted by Crippen LogP contribution is -2.68. The molecule has 0 unspecified atom stereocenters. The first-order chi connectivity index (χ1) is 41.9. The molecule has 0 radical (unpaired) electrons. The van der Waals surface area contributed by atoms with Crippen LogP contribution in [0.25, 0.3) is 0 Å². The Hall–Kier alpha value is -2.16. The second-order valence-corrected chi connectivity index (χ2v) is 27.6. The second kappa shape index (κ2) is 26.4. The third kappa shape index (κ3) is 11.6. The fourth-order valence-corrected chi connectivity index (χ4v) is 17.4. The van der Waals surface area contributed by atoms with E-state index in [-0.39, 0.29) is 36.1 Å². The minimum Gasteiger partial charge on any atom is -0.459 e. The number of allylic oxidation sites excluding steroid dienone is 2. The molecule has 89 heavy (non-hydrogen) atoms. The Morgan fingerprint density at radius 3 is 1.76 bits per heavy atom. The summed E-state index contributed by atoms with van der Waals surface area (Å²) in [5, 5.41) is 165. The molecule has 510 valence electrons. The van der Waals surface area contributed by atoms with Gasteiger partial charge in [0.05, 0.1) is 50.8 Å². The van der Waals surface area contributed by atoms with E-state index in [2.05, 4.69) is 20.8 Å². The molecule has 29 nitrogen and oxygen atoms in total. The van der Waals surface area contributed by atoms with Crippen molar-refractivity contribution in [2.45, 2.75) is 285 Å². The fraction of sp³-hybridized carbons (Fsp3) is 0.933. The summed E-state index contributed by atoms with van der Waals surface area (Å²) < 4.78 is 73.3. The second-order valence-electron chi connectivity index (χ2n) is 27.6. The molecule has 1 spiro atoms. The molecule has 0 aromatic carbocycles. The highest BCUT2D eigenvalue weighted by atomic mass is 16.8. The average Bonchev–Trinajstić information content (AvgIpc) is 1.57. The highest BCUT2D eigenvalue weighted by Gasteiger charge is 2.74. The lowest BCUT2D eigenvalue weighted by molar-refractivity contribution is -0.406. The van der Waals surface area contributed by atoms with Crippen LogP contribution in [0.15, 0.2) is 11.1 Å². The first-order valence-electron chi connectivity index (χ1n) is 31.5. The quantitative estimate of drug-likeness (QED) is 0.0486. The first kappa shape index (κ1) is 69.7. The van der Waals surface area contributed by atoms with E-state index in [0.717, 1.165) is 19.3 Å². The molecular formula is C60H96O29. The van der Waals surface area contributed by atoms with Gasteiger partial charge in [-0.2, -0.15) is 0 Å². The van der Waals surface area contributed by atoms with Gasteiger partial charge in [0, 0.05) is 30.1 Å². The van der Waals surface area contributed by atoms with Crippen LogP contribution in [0.4, 0.5) is 0 Å². The normalized spacial score (nSPS) is 53.5. The van der Waals surface area contributed by atoms with Gasteiger partial charge in [-0.3, -0.25) is 9.59 Å². The molecule has 10 rings (SSSR count). The molecule has 4 aliphatic carbocycles. The van der Waals surface area contributed by atoms with E-state index in [0.29, 0.717) is 32.1 Å². The number of aliphatic hydroxyl groups excluding tert-OH is 15. The van der Waals surface area contributed by atoms with Gasteiger partial charge in [0.1, 0.15) is 116 Å². The summed E-state index contributed by atoms with van der Waals surface area (Å²) in [5.41, 5.74) is -0.164. The zero-order valence-corrected chi connectivity index (χ0v) is 51.6. The third-order valence-electron chi connectivity index (χ3n) is 23.0. The summed E-state index contributed by atoms with van der Waals surface area (Å²) in [7, 11) is 0. The Balaban J connectivity index is 0.860. The van der Waals surface area contributed by atoms with E-state index >= 15 is 0 Å². The number of ether oxygens (including phenoxy) is 12. The summed E-state index contributed by atoms with van der Waals surface area (Å²) in [6.07, 6.45) is -40.3. The predicted octanol–water partition coefficient (Wildman–Crippen LogP) is -4.07. The smallest absolute Gasteiger partial charge is 0.303 e. The van der Waals surface area contributed by atoms with Gasteiger partial charge in [-0.15, -0.1) is 0 Å². The summed E-state index contributed by atoms with van der Waals surface area (Å²) >= 11 is 0. The van der Waals surface area contributed by atoms with Crippen LogP contribution in [0.1, 0.15) is 113 Å². The number of ketones is 1. The third-order valence-corrected chi connectivity index (χ3v) is 23.0. The van der Waals surface area contributed by atoms with Crippen LogP contribution < -0.4 is 0 Å². The Labute approximate surface area is 515 Å². The Kier molecular flexibility index (Phi) is 20.7. The maximum absolute atomic E-state index is 13.4. The van der Waals surface area contributed by atoms with E-state index < -0.39 is 220 Å². The number of rotatable bonds is 17. The van der Waals surface area contributed by atoms with Crippen molar-refractivity contribution >= 4 is 11.8 Å². The van der Waals surface area contributed by atoms with Gasteiger partial charge in [-0.05, 0) is 75.0 Å². The van der Waals surface area contributed by atoms with Gasteiger partial charge in [0.2, 0.25) is 0 Å². The van der Waals surface area contributed by atoms with Crippen molar-refractivity contribution in [2.24, 2.45) is 33.5 Å². The van der Waals surface area contributed by atoms with Crippen LogP contribution in [0.3, 0.4) is 0 Å². The molecular weight excluding hydrogens is 1180 g/mol. The summed E-state index contributed by atoms with van der Waals surface area (Å²) in [5.74, 6) is -0.966. The SMILES string of the molecule is CCC(=O)[C@H]1O[C@@]2(CC[C@@]3(C)C4=C(CC[C@@]32C)[C@@]2(C)CC[C@H](O[C@@H]3O[C@H](CO[C@@H]5OC[C@H](O)[C@H](O)[C@H]5O[C@@H]5O[C@H](CO)[C@@H](O)[C@H](O[C@@H]6O[C@H](CO)[C@@H](O)[C@H](O)[C@H]6O)[C@H]5O[C@@H]5O[C@@H](C)[C@H](O)[C@@H](O)[C@H]5O)[C@@H](O)[C@H](O)[C@H]3O)[C@](C)(CO)[C@@H]2CC4)[C@H](C)[C@H]1OC(C)=O. The van der Waals surface area contributed by atoms with Gasteiger partial charge in [-0.1, -0.05) is 52.7 Å². The van der Waals surface area contributed by atoms with Crippen molar-refractivity contribution in [3.8, 4) is 0 Å². The molecule has 6 aliphatic heterocycles. The molecule has 0 bridgehead atoms. The number of fused-ring (bicyclic) bond motifs is 5. The Morgan fingerprint density at radius 2 is 1.13 bits per heavy atom. The van der Waals surface area contributed by atoms with E-state index in [9.17, 15) is 86.2 Å². The number of carbonyl (C=O) groups excluding carboxylic acids is 2. The van der Waals surface area contributed by atoms with Crippen LogP contribution in [-0.4, -0.2) is 293 Å². The Bertz CT molecular complexity index is 2510. The van der Waals surface area contributed by atoms with Crippen molar-refractivity contribution < 1.29 is 143 Å². The molecule has 10 aliphatic rings. The fourth-order valence-electron chi connectivity index (χ4n) is 17.4. The van der Waals surface area contributed by atoms with Crippen LogP contribution in [0.5, 0.6) is 0 Å². The number of carbonyl (C=O) groups is 2. The molecule has 29 heteroatoms. The predicted molar refractivity (Wildman–Crippen MR) is 296 cm³/mol. The van der Waals surface area contributed by atoms with E-state index in [1.165, 1.54) is 25.0 Å². The monoisotopic (exact) mass is 1280 g/mol. The largest absolute Gasteiger partial charge is 0.459 e. The van der Waals surface area contributed by atoms with Crippen molar-refractivity contribution in [2.75, 3.05) is 33.0 Å². The van der Waals surface area contributed by atoms with Crippen LogP contribution in [-0.2, 0) is 66.4 Å². The van der Waals surface area contributed by atoms with Gasteiger partial charge in [0.25, 0.3) is 0 Å². The molecule has 15 N–H and O–H groups in total. The molecule has 6 saturated heterocycles. The molecule has 0 aromatic rings. The van der Waals surface area contributed by atoms with E-state index in [4.69, 9.17) is 56.8 Å². The Morgan fingerprint density at radius 1 is 0.562 bits per heavy atom. The minimum atomic E-state index is -2.06. The zero-order valence-electron chi connectivity index (χ0n) is 51.6. The number of Topliss-reactive ketones (excluding diaryl/α,β-unsaturated/α-hetero) is 1. The summed E-state index contributed by atoms with van der Waals surface area (Å²) in [6.45, 7) is 11.8. The summed E-state index contributed by atoms with van der Waals surface area (Å²) in [6, 6.07) is 0. The van der Waals surface area contributed by atoms with Crippen molar-refractivity contribution in [3.05, 3.63) is 11.1 Å². The van der Waals surface area contributed by atoms with Crippen molar-refractivity contribution in [1.82, 2.24) is 0 Å². The van der Waals surface area contributed by atoms with Crippen LogP contribution >= 0.6 is 0 Å². The maximum atomic E-state index is 13.4. The molecule has 6 heterocycles. The number of aliphatic hydroxyl groups is 15. The zero-order chi connectivity index (χ0) is 64.9. The van der Waals surface area contributed by atoms with Gasteiger partial charge < -0.3 is 133 Å². The van der Waals surface area contributed by atoms with Crippen LogP contribution in [0, 0.1) is 33.5 Å². The number of esters is 1. The number of hydrogen-bond donors (Lipinski definition) is 15. The van der Waals surface area contributed by atoms with E-state index in [1.54, 1.807) is 6.92 Å². The standard InChI is InChI=1S/C60H96O29/c1-9-28(65)47-46(81-25(4)64)23(2)60(89-47)17-16-58(7)27-10-11-33-56(5,26(27)12-15-59(58,60)8)14-13-34(57(33,6)22-63)85-52-44(76)42(74)38(70)32(84-52)21-79-54-49(36(68)29(66)20-78-54)87-55-50(88-51-43(75)40(72)35(67)24(3)80-51)48(39(71)31(19-62)83-55)86-53-45(77)41(73)37(69)30(18-61)82-53/h23-24,29-55,61-63,66-77H,9-22H2,1-8H3/t23-,24+,29+,30-,31-,32-,33-,34+,35+,36+,37-,38-,39-,40-,41+,42+,43-,44-,45-,46-,47-,48+,49-,50-,51+,52+,53+,54+,55+,56-,57-,58+,59+,60+/m1/s1. The summed E-state index contributed by atoms with van der Waals surface area (Å²) in [4.78, 5) is 25.9. The van der Waals surface area contributed by atoms with Gasteiger partial charge >= 0.3 is 5.97 Å². The van der Waals surface area contributed by atoms with Crippen LogP contribution in [0.2, 0.25) is 0 Å². The van der Waals surface area contributed by atoms with Gasteiger partial charge in [-0.25, -0.2) is 0 Å². The topological polar surface area (TPSA) is 448 Å². The average molecular weight is 1280 g/mol. The maximum Gasteiger partial charge on any atom is 0.303 e. The van der Waals surface area contributed by atoms with Gasteiger partial charge in [0.15, 0.2) is 43.3 Å². The highest BCUT2D eigenvalue weighted by Crippen LogP contribution is 2.75. The molecule has 2 saturated carbocycles. The van der Waals surface area contributed by atoms with Crippen molar-refractivity contribution in [3.63, 3.8) is 0 Å². The molecule has 0 aromatic heterocycles. The molecule has 34 atom stereocenters. The lowest BCUT2D eigenvalue weighted by atomic mass is 9.42. The number of hydrogen-bond acceptors (Lipinski definition) is 29. The molecule has 0 amide bonds. The van der Waals surface area contributed by atoms with Crippen molar-refractivity contribution in [1.29, 1.82) is 0 Å².